The molecule has 0 N–H and O–H groups in total. The van der Waals surface area contributed by atoms with Crippen molar-refractivity contribution < 1.29 is 38.0 Å². The normalized spacial score (nSPS) is 16.0. The van der Waals surface area contributed by atoms with Crippen LogP contribution < -0.4 is 28.4 Å². The number of likely N-dealkylation sites (N-methyl/N-ethyl adjacent to an activating group) is 1. The predicted molar refractivity (Wildman–Crippen MR) is 139 cm³/mol. The second kappa shape index (κ2) is 10.3. The molecule has 38 heavy (non-hydrogen) atoms. The van der Waals surface area contributed by atoms with Crippen LogP contribution in [0.15, 0.2) is 42.5 Å². The number of ether oxygens (including phenoxy) is 6. The lowest BCUT2D eigenvalue weighted by Gasteiger charge is -2.35. The van der Waals surface area contributed by atoms with Crippen molar-refractivity contribution in [1.29, 1.82) is 0 Å². The molecule has 0 saturated carbocycles. The zero-order valence-electron chi connectivity index (χ0n) is 22.0. The van der Waals surface area contributed by atoms with Gasteiger partial charge in [-0.2, -0.15) is 0 Å². The second-order valence-electron chi connectivity index (χ2n) is 9.08. The number of hydrogen-bond acceptors (Lipinski definition) is 9. The van der Waals surface area contributed by atoms with Gasteiger partial charge in [0.15, 0.2) is 28.8 Å². The fourth-order valence-corrected chi connectivity index (χ4v) is 5.40. The molecule has 0 fully saturated rings. The van der Waals surface area contributed by atoms with Crippen molar-refractivity contribution in [1.82, 2.24) is 4.90 Å². The molecular formula is C29H29NO8. The minimum atomic E-state index is -0.942. The van der Waals surface area contributed by atoms with Crippen molar-refractivity contribution in [2.24, 2.45) is 0 Å². The molecule has 1 atom stereocenters. The lowest BCUT2D eigenvalue weighted by Crippen LogP contribution is -2.36. The highest BCUT2D eigenvalue weighted by Crippen LogP contribution is 2.57. The third-order valence-electron chi connectivity index (χ3n) is 7.04. The first kappa shape index (κ1) is 25.4. The second-order valence-corrected chi connectivity index (χ2v) is 9.08. The Morgan fingerprint density at radius 1 is 0.842 bits per heavy atom. The van der Waals surface area contributed by atoms with Crippen LogP contribution in [-0.4, -0.2) is 58.9 Å². The van der Waals surface area contributed by atoms with Gasteiger partial charge in [0.1, 0.15) is 5.75 Å². The van der Waals surface area contributed by atoms with Gasteiger partial charge in [0, 0.05) is 22.7 Å². The molecule has 0 unspecified atom stereocenters. The van der Waals surface area contributed by atoms with E-state index in [-0.39, 0.29) is 29.9 Å². The van der Waals surface area contributed by atoms with Crippen molar-refractivity contribution in [3.63, 3.8) is 0 Å². The average Bonchev–Trinajstić information content (AvgIpc) is 3.09. The third kappa shape index (κ3) is 4.18. The van der Waals surface area contributed by atoms with E-state index < -0.39 is 6.16 Å². The van der Waals surface area contributed by atoms with Crippen LogP contribution in [0.3, 0.4) is 0 Å². The number of fused-ring (bicyclic) bond motifs is 2. The van der Waals surface area contributed by atoms with Crippen molar-refractivity contribution in [2.45, 2.75) is 18.9 Å². The van der Waals surface area contributed by atoms with Gasteiger partial charge in [-0.15, -0.1) is 0 Å². The summed E-state index contributed by atoms with van der Waals surface area (Å²) >= 11 is 0. The molecule has 3 aromatic carbocycles. The maximum Gasteiger partial charge on any atom is 0.519 e. The number of rotatable bonds is 6. The van der Waals surface area contributed by atoms with Gasteiger partial charge in [-0.3, -0.25) is 9.69 Å². The van der Waals surface area contributed by atoms with E-state index in [0.29, 0.717) is 46.1 Å². The molecule has 0 spiro atoms. The van der Waals surface area contributed by atoms with Crippen LogP contribution in [0.2, 0.25) is 0 Å². The van der Waals surface area contributed by atoms with Crippen LogP contribution in [0, 0.1) is 0 Å². The summed E-state index contributed by atoms with van der Waals surface area (Å²) in [5.74, 6) is 1.93. The lowest BCUT2D eigenvalue weighted by atomic mass is 9.84. The molecule has 9 heteroatoms. The number of Topliss-reactive ketones (excluding diaryl/α,β-unsaturated/α-hetero) is 1. The Morgan fingerprint density at radius 2 is 1.53 bits per heavy atom. The number of carbonyl (C=O) groups excluding carboxylic acids is 2. The fraction of sp³-hybridized carbons (Fsp3) is 0.310. The number of ketones is 1. The predicted octanol–water partition coefficient (Wildman–Crippen LogP) is 5.08. The van der Waals surface area contributed by atoms with E-state index in [0.717, 1.165) is 17.5 Å². The van der Waals surface area contributed by atoms with Crippen LogP contribution >= 0.6 is 0 Å². The van der Waals surface area contributed by atoms with Gasteiger partial charge >= 0.3 is 6.16 Å². The molecule has 2 aliphatic rings. The van der Waals surface area contributed by atoms with Crippen LogP contribution in [0.4, 0.5) is 4.79 Å². The summed E-state index contributed by atoms with van der Waals surface area (Å²) in [7, 11) is 8.00. The van der Waals surface area contributed by atoms with Crippen molar-refractivity contribution in [2.75, 3.05) is 42.0 Å². The van der Waals surface area contributed by atoms with E-state index >= 15 is 0 Å². The van der Waals surface area contributed by atoms with Gasteiger partial charge in [0.05, 0.1) is 35.0 Å². The summed E-state index contributed by atoms with van der Waals surface area (Å²) in [5.41, 5.74) is 3.34. The standard InChI is InChI=1S/C29H29NO8/c1-30-15-20(31)18-14-22(34-3)26(38-29(32)37-17-9-7-6-8-10-17)25-23-16(11-12-19(30)24(18)25)13-21(33-2)27(35-4)28(23)36-5/h6-10,13-14,19H,11-12,15H2,1-5H3/t19-/m0/s1. The molecule has 0 aromatic heterocycles. The number of nitrogens with zero attached hydrogens (tertiary/aromatic N) is 1. The Balaban J connectivity index is 1.81. The number of hydrogen-bond donors (Lipinski definition) is 0. The molecule has 1 heterocycles. The first-order chi connectivity index (χ1) is 18.4. The van der Waals surface area contributed by atoms with E-state index in [9.17, 15) is 9.59 Å². The van der Waals surface area contributed by atoms with E-state index in [1.165, 1.54) is 21.3 Å². The third-order valence-corrected chi connectivity index (χ3v) is 7.04. The van der Waals surface area contributed by atoms with E-state index in [1.54, 1.807) is 37.4 Å². The van der Waals surface area contributed by atoms with Gasteiger partial charge in [0.25, 0.3) is 0 Å². The smallest absolute Gasteiger partial charge is 0.493 e. The molecule has 1 aliphatic carbocycles. The number of carbonyl (C=O) groups is 2. The Labute approximate surface area is 220 Å². The average molecular weight is 520 g/mol. The largest absolute Gasteiger partial charge is 0.519 e. The minimum Gasteiger partial charge on any atom is -0.493 e. The summed E-state index contributed by atoms with van der Waals surface area (Å²) in [6.45, 7) is 0.261. The summed E-state index contributed by atoms with van der Waals surface area (Å²) in [6, 6.07) is 12.0. The van der Waals surface area contributed by atoms with Crippen LogP contribution in [0.1, 0.15) is 33.9 Å². The maximum atomic E-state index is 13.3. The van der Waals surface area contributed by atoms with Gasteiger partial charge in [-0.05, 0) is 55.3 Å². The first-order valence-electron chi connectivity index (χ1n) is 12.2. The number of para-hydroxylation sites is 1. The van der Waals surface area contributed by atoms with Gasteiger partial charge in [-0.1, -0.05) is 18.2 Å². The zero-order valence-corrected chi connectivity index (χ0v) is 22.0. The van der Waals surface area contributed by atoms with Crippen LogP contribution in [0.5, 0.6) is 34.5 Å². The molecular weight excluding hydrogens is 490 g/mol. The van der Waals surface area contributed by atoms with Gasteiger partial charge in [-0.25, -0.2) is 4.79 Å². The zero-order chi connectivity index (χ0) is 27.0. The van der Waals surface area contributed by atoms with Crippen LogP contribution in [-0.2, 0) is 6.42 Å². The van der Waals surface area contributed by atoms with Crippen molar-refractivity contribution >= 4 is 11.9 Å². The highest BCUT2D eigenvalue weighted by atomic mass is 16.7. The SMILES string of the molecule is COc1cc2c(c(OC)c1OC)-c1c(OC(=O)Oc3ccccc3)c(OC)cc3c1[C@H](CC2)N(C)CC3=O. The molecule has 5 rings (SSSR count). The highest BCUT2D eigenvalue weighted by Gasteiger charge is 2.40. The monoisotopic (exact) mass is 519 g/mol. The fourth-order valence-electron chi connectivity index (χ4n) is 5.40. The molecule has 0 radical (unpaired) electrons. The topological polar surface area (TPSA) is 92.8 Å². The first-order valence-corrected chi connectivity index (χ1v) is 12.2. The summed E-state index contributed by atoms with van der Waals surface area (Å²) in [6.07, 6.45) is 0.429. The molecule has 3 aromatic rings. The van der Waals surface area contributed by atoms with Crippen molar-refractivity contribution in [3.8, 4) is 45.6 Å². The molecule has 1 aliphatic heterocycles. The quantitative estimate of drug-likeness (QED) is 0.326. The molecule has 0 bridgehead atoms. The highest BCUT2D eigenvalue weighted by molar-refractivity contribution is 6.05. The Kier molecular flexibility index (Phi) is 6.86. The Morgan fingerprint density at radius 3 is 2.18 bits per heavy atom. The molecule has 198 valence electrons. The summed E-state index contributed by atoms with van der Waals surface area (Å²) < 4.78 is 34.2. The molecule has 0 saturated heterocycles. The van der Waals surface area contributed by atoms with Gasteiger partial charge in [0.2, 0.25) is 5.75 Å². The number of aryl methyl sites for hydroxylation is 1. The van der Waals surface area contributed by atoms with Gasteiger partial charge < -0.3 is 28.4 Å². The number of methoxy groups -OCH3 is 4. The maximum absolute atomic E-state index is 13.3. The molecule has 0 amide bonds. The number of benzene rings is 3. The Hall–Kier alpha value is -4.24. The van der Waals surface area contributed by atoms with Crippen molar-refractivity contribution in [3.05, 3.63) is 59.2 Å². The van der Waals surface area contributed by atoms with E-state index in [2.05, 4.69) is 0 Å². The Bertz CT molecular complexity index is 1400. The summed E-state index contributed by atoms with van der Waals surface area (Å²) in [5, 5.41) is 0. The molecule has 9 nitrogen and oxygen atoms in total. The summed E-state index contributed by atoms with van der Waals surface area (Å²) in [4.78, 5) is 28.3. The van der Waals surface area contributed by atoms with E-state index in [4.69, 9.17) is 28.4 Å². The lowest BCUT2D eigenvalue weighted by molar-refractivity contribution is 0.0882. The van der Waals surface area contributed by atoms with E-state index in [1.807, 2.05) is 24.1 Å². The minimum absolute atomic E-state index is 0.0559. The van der Waals surface area contributed by atoms with Crippen LogP contribution in [0.25, 0.3) is 11.1 Å².